The fourth-order valence-corrected chi connectivity index (χ4v) is 2.24. The second kappa shape index (κ2) is 9.68. The molecule has 0 aliphatic carbocycles. The number of benzene rings is 2. The first kappa shape index (κ1) is 19.6. The van der Waals surface area contributed by atoms with Gasteiger partial charge >= 0.3 is 5.97 Å². The zero-order valence-electron chi connectivity index (χ0n) is 14.7. The number of halogens is 1. The highest BCUT2D eigenvalue weighted by Crippen LogP contribution is 2.22. The van der Waals surface area contributed by atoms with E-state index in [4.69, 9.17) is 21.1 Å². The number of nitrogens with zero attached hydrogens (tertiary/aromatic N) is 1. The van der Waals surface area contributed by atoms with Crippen molar-refractivity contribution in [1.29, 1.82) is 0 Å². The fourth-order valence-electron chi connectivity index (χ4n) is 2.05. The number of carbonyl (C=O) groups is 2. The summed E-state index contributed by atoms with van der Waals surface area (Å²) in [6.45, 7) is -0.316. The van der Waals surface area contributed by atoms with E-state index >= 15 is 0 Å². The van der Waals surface area contributed by atoms with Gasteiger partial charge in [-0.1, -0.05) is 35.9 Å². The van der Waals surface area contributed by atoms with Crippen molar-refractivity contribution in [3.63, 3.8) is 0 Å². The van der Waals surface area contributed by atoms with Crippen LogP contribution in [0.25, 0.3) is 0 Å². The minimum Gasteiger partial charge on any atom is -0.480 e. The average molecular weight is 377 g/mol. The molecule has 0 radical (unpaired) electrons. The molecule has 7 heteroatoms. The number of rotatable bonds is 8. The molecule has 0 spiro atoms. The molecule has 0 aliphatic heterocycles. The highest BCUT2D eigenvalue weighted by atomic mass is 35.5. The Morgan fingerprint density at radius 1 is 1.04 bits per heavy atom. The Balaban J connectivity index is 1.68. The molecule has 2 aromatic carbocycles. The number of para-hydroxylation sites is 1. The van der Waals surface area contributed by atoms with Gasteiger partial charge in [-0.25, -0.2) is 4.79 Å². The molecule has 0 fully saturated rings. The summed E-state index contributed by atoms with van der Waals surface area (Å²) in [6, 6.07) is 14.6. The summed E-state index contributed by atoms with van der Waals surface area (Å²) in [7, 11) is 3.92. The van der Waals surface area contributed by atoms with Gasteiger partial charge in [-0.15, -0.1) is 0 Å². The van der Waals surface area contributed by atoms with Crippen molar-refractivity contribution in [2.45, 2.75) is 6.54 Å². The molecule has 1 amide bonds. The van der Waals surface area contributed by atoms with Gasteiger partial charge in [0.25, 0.3) is 5.91 Å². The summed E-state index contributed by atoms with van der Waals surface area (Å²) in [5, 5.41) is 3.10. The summed E-state index contributed by atoms with van der Waals surface area (Å²) in [5.41, 5.74) is 2.03. The molecule has 2 rings (SSSR count). The SMILES string of the molecule is CN(C)c1ccc(CNC(=O)COC(=O)COc2ccccc2Cl)cc1. The lowest BCUT2D eigenvalue weighted by atomic mass is 10.2. The number of hydrogen-bond donors (Lipinski definition) is 1. The van der Waals surface area contributed by atoms with Crippen molar-refractivity contribution in [3.8, 4) is 5.75 Å². The monoisotopic (exact) mass is 376 g/mol. The van der Waals surface area contributed by atoms with Crippen LogP contribution in [0.1, 0.15) is 5.56 Å². The Kier molecular flexibility index (Phi) is 7.29. The number of nitrogens with one attached hydrogen (secondary N) is 1. The molecule has 138 valence electrons. The summed E-state index contributed by atoms with van der Waals surface area (Å²) in [5.74, 6) is -0.639. The highest BCUT2D eigenvalue weighted by molar-refractivity contribution is 6.32. The van der Waals surface area contributed by atoms with E-state index in [-0.39, 0.29) is 19.1 Å². The fraction of sp³-hybridized carbons (Fsp3) is 0.263. The molecule has 6 nitrogen and oxygen atoms in total. The Bertz CT molecular complexity index is 747. The Morgan fingerprint density at radius 3 is 2.38 bits per heavy atom. The van der Waals surface area contributed by atoms with Gasteiger partial charge in [0.05, 0.1) is 5.02 Å². The summed E-state index contributed by atoms with van der Waals surface area (Å²) in [4.78, 5) is 25.4. The van der Waals surface area contributed by atoms with Crippen molar-refractivity contribution < 1.29 is 19.1 Å². The zero-order valence-corrected chi connectivity index (χ0v) is 15.5. The Labute approximate surface area is 157 Å². The number of hydrogen-bond acceptors (Lipinski definition) is 5. The summed E-state index contributed by atoms with van der Waals surface area (Å²) in [6.07, 6.45) is 0. The van der Waals surface area contributed by atoms with Crippen LogP contribution in [-0.4, -0.2) is 39.2 Å². The lowest BCUT2D eigenvalue weighted by Gasteiger charge is -2.13. The van der Waals surface area contributed by atoms with E-state index in [1.165, 1.54) is 0 Å². The van der Waals surface area contributed by atoms with E-state index in [9.17, 15) is 9.59 Å². The summed E-state index contributed by atoms with van der Waals surface area (Å²) >= 11 is 5.92. The van der Waals surface area contributed by atoms with Crippen LogP contribution in [-0.2, 0) is 20.9 Å². The second-order valence-electron chi connectivity index (χ2n) is 5.72. The summed E-state index contributed by atoms with van der Waals surface area (Å²) < 4.78 is 10.1. The van der Waals surface area contributed by atoms with E-state index in [1.807, 2.05) is 43.3 Å². The van der Waals surface area contributed by atoms with Crippen molar-refractivity contribution in [3.05, 3.63) is 59.1 Å². The maximum Gasteiger partial charge on any atom is 0.344 e. The van der Waals surface area contributed by atoms with Crippen molar-refractivity contribution in [2.75, 3.05) is 32.2 Å². The van der Waals surface area contributed by atoms with Crippen LogP contribution in [0, 0.1) is 0 Å². The van der Waals surface area contributed by atoms with E-state index in [2.05, 4.69) is 5.32 Å². The molecule has 0 aromatic heterocycles. The Morgan fingerprint density at radius 2 is 1.73 bits per heavy atom. The molecule has 0 atom stereocenters. The van der Waals surface area contributed by atoms with Crippen LogP contribution in [0.2, 0.25) is 5.02 Å². The van der Waals surface area contributed by atoms with Crippen molar-refractivity contribution >= 4 is 29.2 Å². The average Bonchev–Trinajstić information content (AvgIpc) is 2.64. The molecule has 0 bridgehead atoms. The lowest BCUT2D eigenvalue weighted by Crippen LogP contribution is -2.29. The molecule has 0 aliphatic rings. The predicted octanol–water partition coefficient (Wildman–Crippen LogP) is 2.64. The molecule has 0 saturated carbocycles. The molecular formula is C19H21ClN2O4. The van der Waals surface area contributed by atoms with Gasteiger partial charge in [0.15, 0.2) is 13.2 Å². The van der Waals surface area contributed by atoms with Crippen LogP contribution >= 0.6 is 11.6 Å². The maximum absolute atomic E-state index is 11.8. The van der Waals surface area contributed by atoms with Gasteiger partial charge in [-0.05, 0) is 29.8 Å². The molecule has 1 N–H and O–H groups in total. The highest BCUT2D eigenvalue weighted by Gasteiger charge is 2.09. The van der Waals surface area contributed by atoms with Crippen LogP contribution in [0.4, 0.5) is 5.69 Å². The number of amides is 1. The maximum atomic E-state index is 11.8. The number of carbonyl (C=O) groups excluding carboxylic acids is 2. The van der Waals surface area contributed by atoms with E-state index in [0.29, 0.717) is 17.3 Å². The van der Waals surface area contributed by atoms with Gasteiger partial charge < -0.3 is 19.7 Å². The number of anilines is 1. The third-order valence-corrected chi connectivity index (χ3v) is 3.80. The molecule has 26 heavy (non-hydrogen) atoms. The minimum atomic E-state index is -0.643. The van der Waals surface area contributed by atoms with Gasteiger partial charge in [-0.2, -0.15) is 0 Å². The Hall–Kier alpha value is -2.73. The zero-order chi connectivity index (χ0) is 18.9. The van der Waals surface area contributed by atoms with Gasteiger partial charge in [-0.3, -0.25) is 4.79 Å². The first-order valence-electron chi connectivity index (χ1n) is 8.01. The largest absolute Gasteiger partial charge is 0.480 e. The molecule has 0 unspecified atom stereocenters. The van der Waals surface area contributed by atoms with E-state index < -0.39 is 5.97 Å². The molecule has 2 aromatic rings. The van der Waals surface area contributed by atoms with Gasteiger partial charge in [0, 0.05) is 26.3 Å². The topological polar surface area (TPSA) is 67.9 Å². The third-order valence-electron chi connectivity index (χ3n) is 3.49. The van der Waals surface area contributed by atoms with Crippen molar-refractivity contribution in [1.82, 2.24) is 5.32 Å². The number of ether oxygens (including phenoxy) is 2. The molecule has 0 heterocycles. The second-order valence-corrected chi connectivity index (χ2v) is 6.12. The van der Waals surface area contributed by atoms with Crippen LogP contribution < -0.4 is 15.0 Å². The van der Waals surface area contributed by atoms with Crippen LogP contribution in [0.5, 0.6) is 5.75 Å². The van der Waals surface area contributed by atoms with Gasteiger partial charge in [0.1, 0.15) is 5.75 Å². The first-order valence-corrected chi connectivity index (χ1v) is 8.39. The first-order chi connectivity index (χ1) is 12.5. The molecule has 0 saturated heterocycles. The standard InChI is InChI=1S/C19H21ClN2O4/c1-22(2)15-9-7-14(8-10-15)11-21-18(23)12-26-19(24)13-25-17-6-4-3-5-16(17)20/h3-10H,11-13H2,1-2H3,(H,21,23). The van der Waals surface area contributed by atoms with Crippen molar-refractivity contribution in [2.24, 2.45) is 0 Å². The third kappa shape index (κ3) is 6.29. The van der Waals surface area contributed by atoms with Crippen LogP contribution in [0.15, 0.2) is 48.5 Å². The smallest absolute Gasteiger partial charge is 0.344 e. The van der Waals surface area contributed by atoms with E-state index in [0.717, 1.165) is 11.3 Å². The van der Waals surface area contributed by atoms with Gasteiger partial charge in [0.2, 0.25) is 0 Å². The predicted molar refractivity (Wildman–Crippen MR) is 101 cm³/mol. The van der Waals surface area contributed by atoms with E-state index in [1.54, 1.807) is 24.3 Å². The number of esters is 1. The quantitative estimate of drug-likeness (QED) is 0.717. The minimum absolute atomic E-state index is 0.316. The lowest BCUT2D eigenvalue weighted by molar-refractivity contribution is -0.150. The van der Waals surface area contributed by atoms with Crippen LogP contribution in [0.3, 0.4) is 0 Å². The molecular weight excluding hydrogens is 356 g/mol. The normalized spacial score (nSPS) is 10.1.